The molecule has 1 amide bonds. The molecule has 1 aromatic carbocycles. The molecular formula is C15H16N2O2. The van der Waals surface area contributed by atoms with Gasteiger partial charge in [0.15, 0.2) is 0 Å². The lowest BCUT2D eigenvalue weighted by atomic mass is 10.2. The Morgan fingerprint density at radius 2 is 2.26 bits per heavy atom. The van der Waals surface area contributed by atoms with E-state index >= 15 is 0 Å². The van der Waals surface area contributed by atoms with Gasteiger partial charge in [-0.1, -0.05) is 18.2 Å². The van der Waals surface area contributed by atoms with E-state index in [0.29, 0.717) is 12.3 Å². The van der Waals surface area contributed by atoms with E-state index in [-0.39, 0.29) is 11.9 Å². The average molecular weight is 256 g/mol. The number of likely N-dealkylation sites (tertiary alicyclic amines) is 1. The summed E-state index contributed by atoms with van der Waals surface area (Å²) in [5, 5.41) is 1.04. The minimum Gasteiger partial charge on any atom is -0.457 e. The fraction of sp³-hybridized carbons (Fsp3) is 0.267. The second-order valence-electron chi connectivity index (χ2n) is 4.85. The summed E-state index contributed by atoms with van der Waals surface area (Å²) >= 11 is 0. The molecule has 1 aliphatic heterocycles. The summed E-state index contributed by atoms with van der Waals surface area (Å²) in [4.78, 5) is 13.7. The van der Waals surface area contributed by atoms with Crippen molar-refractivity contribution < 1.29 is 9.21 Å². The molecule has 1 fully saturated rings. The van der Waals surface area contributed by atoms with Gasteiger partial charge >= 0.3 is 0 Å². The molecule has 1 unspecified atom stereocenters. The van der Waals surface area contributed by atoms with Crippen LogP contribution in [0, 0.1) is 0 Å². The zero-order valence-electron chi connectivity index (χ0n) is 10.6. The third kappa shape index (κ3) is 2.53. The molecule has 2 heterocycles. The lowest BCUT2D eigenvalue weighted by Gasteiger charge is -2.12. The maximum Gasteiger partial charge on any atom is 0.246 e. The van der Waals surface area contributed by atoms with Crippen LogP contribution < -0.4 is 5.73 Å². The highest BCUT2D eigenvalue weighted by molar-refractivity contribution is 5.92. The van der Waals surface area contributed by atoms with Crippen molar-refractivity contribution in [2.45, 2.75) is 12.5 Å². The first-order chi connectivity index (χ1) is 9.22. The van der Waals surface area contributed by atoms with E-state index in [1.165, 1.54) is 0 Å². The van der Waals surface area contributed by atoms with Gasteiger partial charge in [-0.05, 0) is 24.6 Å². The summed E-state index contributed by atoms with van der Waals surface area (Å²) in [5.74, 6) is 0.687. The molecule has 2 aromatic rings. The first kappa shape index (κ1) is 12.0. The number of furan rings is 1. The zero-order chi connectivity index (χ0) is 13.2. The predicted molar refractivity (Wildman–Crippen MR) is 74.4 cm³/mol. The van der Waals surface area contributed by atoms with Gasteiger partial charge in [-0.2, -0.15) is 0 Å². The summed E-state index contributed by atoms with van der Waals surface area (Å²) < 4.78 is 5.62. The van der Waals surface area contributed by atoms with E-state index in [2.05, 4.69) is 0 Å². The number of carbonyl (C=O) groups is 1. The summed E-state index contributed by atoms with van der Waals surface area (Å²) in [6.45, 7) is 1.38. The Bertz CT molecular complexity index is 597. The molecule has 0 saturated carbocycles. The van der Waals surface area contributed by atoms with Crippen LogP contribution in [0.25, 0.3) is 17.0 Å². The maximum atomic E-state index is 11.9. The minimum atomic E-state index is -0.00611. The van der Waals surface area contributed by atoms with Crippen molar-refractivity contribution in [3.63, 3.8) is 0 Å². The Morgan fingerprint density at radius 3 is 3.00 bits per heavy atom. The molecule has 1 atom stereocenters. The van der Waals surface area contributed by atoms with E-state index in [4.69, 9.17) is 10.2 Å². The van der Waals surface area contributed by atoms with Crippen molar-refractivity contribution in [2.24, 2.45) is 5.73 Å². The van der Waals surface area contributed by atoms with E-state index < -0.39 is 0 Å². The summed E-state index contributed by atoms with van der Waals surface area (Å²) in [7, 11) is 0. The average Bonchev–Trinajstić information content (AvgIpc) is 3.01. The number of nitrogens with zero attached hydrogens (tertiary/aromatic N) is 1. The minimum absolute atomic E-state index is 0.00611. The van der Waals surface area contributed by atoms with Gasteiger partial charge in [0.1, 0.15) is 11.3 Å². The van der Waals surface area contributed by atoms with Gasteiger partial charge in [0, 0.05) is 30.6 Å². The van der Waals surface area contributed by atoms with Crippen LogP contribution in [0.4, 0.5) is 0 Å². The largest absolute Gasteiger partial charge is 0.457 e. The maximum absolute atomic E-state index is 11.9. The number of hydrogen-bond acceptors (Lipinski definition) is 3. The van der Waals surface area contributed by atoms with Gasteiger partial charge in [0.2, 0.25) is 5.91 Å². The van der Waals surface area contributed by atoms with Crippen LogP contribution in [-0.4, -0.2) is 29.9 Å². The van der Waals surface area contributed by atoms with Gasteiger partial charge in [-0.15, -0.1) is 0 Å². The van der Waals surface area contributed by atoms with Crippen molar-refractivity contribution in [3.8, 4) is 0 Å². The molecule has 0 spiro atoms. The summed E-state index contributed by atoms with van der Waals surface area (Å²) in [6, 6.07) is 9.82. The SMILES string of the molecule is NC1CCN(C(=O)/C=C/c2cc3ccccc3o2)C1. The molecule has 0 bridgehead atoms. The highest BCUT2D eigenvalue weighted by atomic mass is 16.3. The van der Waals surface area contributed by atoms with Crippen LogP contribution in [0.15, 0.2) is 40.8 Å². The van der Waals surface area contributed by atoms with Crippen molar-refractivity contribution in [2.75, 3.05) is 13.1 Å². The Kier molecular flexibility index (Phi) is 3.09. The van der Waals surface area contributed by atoms with Crippen LogP contribution in [-0.2, 0) is 4.79 Å². The highest BCUT2D eigenvalue weighted by Gasteiger charge is 2.21. The molecule has 0 aliphatic carbocycles. The van der Waals surface area contributed by atoms with E-state index in [1.807, 2.05) is 30.3 Å². The van der Waals surface area contributed by atoms with E-state index in [0.717, 1.165) is 23.9 Å². The Hall–Kier alpha value is -2.07. The smallest absolute Gasteiger partial charge is 0.246 e. The van der Waals surface area contributed by atoms with Crippen LogP contribution in [0.1, 0.15) is 12.2 Å². The van der Waals surface area contributed by atoms with Gasteiger partial charge in [0.05, 0.1) is 0 Å². The predicted octanol–water partition coefficient (Wildman–Crippen LogP) is 2.01. The molecule has 4 heteroatoms. The third-order valence-electron chi connectivity index (χ3n) is 3.37. The highest BCUT2D eigenvalue weighted by Crippen LogP contribution is 2.19. The molecule has 0 radical (unpaired) electrons. The van der Waals surface area contributed by atoms with E-state index in [9.17, 15) is 4.79 Å². The Labute approximate surface area is 111 Å². The number of nitrogens with two attached hydrogens (primary N) is 1. The molecule has 98 valence electrons. The van der Waals surface area contributed by atoms with Gasteiger partial charge in [-0.25, -0.2) is 0 Å². The summed E-state index contributed by atoms with van der Waals surface area (Å²) in [5.41, 5.74) is 6.62. The Balaban J connectivity index is 1.73. The zero-order valence-corrected chi connectivity index (χ0v) is 10.6. The number of fused-ring (bicyclic) bond motifs is 1. The Morgan fingerprint density at radius 1 is 1.42 bits per heavy atom. The molecule has 19 heavy (non-hydrogen) atoms. The second kappa shape index (κ2) is 4.90. The molecule has 1 aromatic heterocycles. The van der Waals surface area contributed by atoms with Crippen molar-refractivity contribution >= 4 is 23.0 Å². The first-order valence-corrected chi connectivity index (χ1v) is 6.43. The fourth-order valence-electron chi connectivity index (χ4n) is 2.33. The molecule has 1 aliphatic rings. The second-order valence-corrected chi connectivity index (χ2v) is 4.85. The number of amides is 1. The van der Waals surface area contributed by atoms with Crippen molar-refractivity contribution in [1.29, 1.82) is 0 Å². The fourth-order valence-corrected chi connectivity index (χ4v) is 2.33. The summed E-state index contributed by atoms with van der Waals surface area (Å²) in [6.07, 6.45) is 4.14. The van der Waals surface area contributed by atoms with Crippen LogP contribution in [0.5, 0.6) is 0 Å². The molecule has 2 N–H and O–H groups in total. The molecule has 3 rings (SSSR count). The topological polar surface area (TPSA) is 59.5 Å². The lowest BCUT2D eigenvalue weighted by molar-refractivity contribution is -0.124. The standard InChI is InChI=1S/C15H16N2O2/c16-12-7-8-17(10-12)15(18)6-5-13-9-11-3-1-2-4-14(11)19-13/h1-6,9,12H,7-8,10,16H2/b6-5+. The normalized spacial score (nSPS) is 19.6. The number of hydrogen-bond donors (Lipinski definition) is 1. The quantitative estimate of drug-likeness (QED) is 0.836. The van der Waals surface area contributed by atoms with Gasteiger partial charge in [0.25, 0.3) is 0 Å². The first-order valence-electron chi connectivity index (χ1n) is 6.43. The number of carbonyl (C=O) groups excluding carboxylic acids is 1. The number of para-hydroxylation sites is 1. The van der Waals surface area contributed by atoms with Crippen LogP contribution >= 0.6 is 0 Å². The lowest BCUT2D eigenvalue weighted by Crippen LogP contribution is -2.30. The van der Waals surface area contributed by atoms with Crippen molar-refractivity contribution in [3.05, 3.63) is 42.2 Å². The van der Waals surface area contributed by atoms with E-state index in [1.54, 1.807) is 17.1 Å². The van der Waals surface area contributed by atoms with Crippen LogP contribution in [0.3, 0.4) is 0 Å². The molecular weight excluding hydrogens is 240 g/mol. The monoisotopic (exact) mass is 256 g/mol. The van der Waals surface area contributed by atoms with Crippen molar-refractivity contribution in [1.82, 2.24) is 4.90 Å². The third-order valence-corrected chi connectivity index (χ3v) is 3.37. The number of benzene rings is 1. The van der Waals surface area contributed by atoms with Gasteiger partial charge in [-0.3, -0.25) is 4.79 Å². The molecule has 4 nitrogen and oxygen atoms in total. The number of rotatable bonds is 2. The van der Waals surface area contributed by atoms with Crippen LogP contribution in [0.2, 0.25) is 0 Å². The molecule has 1 saturated heterocycles. The van der Waals surface area contributed by atoms with Gasteiger partial charge < -0.3 is 15.1 Å².